The van der Waals surface area contributed by atoms with E-state index in [0.29, 0.717) is 0 Å². The second-order valence-corrected chi connectivity index (χ2v) is 14.5. The molecule has 3 nitrogen and oxygen atoms in total. The van der Waals surface area contributed by atoms with Crippen molar-refractivity contribution in [2.24, 2.45) is 4.99 Å². The molecule has 47 heavy (non-hydrogen) atoms. The van der Waals surface area contributed by atoms with Gasteiger partial charge in [0.25, 0.3) is 0 Å². The number of aromatic nitrogens is 1. The molecule has 5 heteroatoms. The van der Waals surface area contributed by atoms with Crippen molar-refractivity contribution in [1.82, 2.24) is 4.57 Å². The summed E-state index contributed by atoms with van der Waals surface area (Å²) in [6.07, 6.45) is -0.237. The minimum Gasteiger partial charge on any atom is -0.357 e. The molecule has 0 saturated heterocycles. The monoisotopic (exact) mass is 635 g/mol. The van der Waals surface area contributed by atoms with E-state index >= 15 is 0 Å². The Kier molecular flexibility index (Phi) is 5.20. The van der Waals surface area contributed by atoms with Crippen molar-refractivity contribution in [2.45, 2.75) is 6.17 Å². The van der Waals surface area contributed by atoms with Crippen LogP contribution in [0, 0.1) is 0 Å². The minimum atomic E-state index is -0.237. The van der Waals surface area contributed by atoms with Gasteiger partial charge in [0.2, 0.25) is 0 Å². The van der Waals surface area contributed by atoms with E-state index < -0.39 is 0 Å². The Balaban J connectivity index is 1.26. The first-order valence-electron chi connectivity index (χ1n) is 15.9. The number of nitrogens with one attached hydrogen (secondary N) is 1. The van der Waals surface area contributed by atoms with Crippen LogP contribution >= 0.6 is 22.7 Å². The van der Waals surface area contributed by atoms with Crippen LogP contribution < -0.4 is 5.32 Å². The van der Waals surface area contributed by atoms with Crippen LogP contribution in [0.3, 0.4) is 0 Å². The van der Waals surface area contributed by atoms with Crippen molar-refractivity contribution in [3.63, 3.8) is 0 Å². The van der Waals surface area contributed by atoms with Crippen LogP contribution in [0.25, 0.3) is 73.6 Å². The Labute approximate surface area is 277 Å². The number of thiophene rings is 2. The maximum atomic E-state index is 5.56. The topological polar surface area (TPSA) is 29.3 Å². The zero-order chi connectivity index (χ0) is 30.6. The first kappa shape index (κ1) is 25.7. The smallest absolute Gasteiger partial charge is 0.148 e. The summed E-state index contributed by atoms with van der Waals surface area (Å²) in [4.78, 5) is 5.56. The normalized spacial score (nSPS) is 14.9. The van der Waals surface area contributed by atoms with Gasteiger partial charge in [-0.1, -0.05) is 109 Å². The average Bonchev–Trinajstić information content (AvgIpc) is 3.78. The van der Waals surface area contributed by atoms with Gasteiger partial charge in [0, 0.05) is 52.0 Å². The van der Waals surface area contributed by atoms with Gasteiger partial charge in [-0.3, -0.25) is 0 Å². The Hall–Kier alpha value is -5.49. The van der Waals surface area contributed by atoms with Crippen LogP contribution in [-0.4, -0.2) is 10.3 Å². The van der Waals surface area contributed by atoms with Crippen molar-refractivity contribution in [3.05, 3.63) is 145 Å². The fourth-order valence-electron chi connectivity index (χ4n) is 7.68. The first-order chi connectivity index (χ1) is 23.3. The summed E-state index contributed by atoms with van der Waals surface area (Å²) < 4.78 is 6.37. The van der Waals surface area contributed by atoms with Crippen LogP contribution in [0.2, 0.25) is 0 Å². The molecule has 11 rings (SSSR count). The van der Waals surface area contributed by atoms with Gasteiger partial charge in [0.1, 0.15) is 11.2 Å². The number of benzene rings is 7. The standard InChI is InChI=1S/C42H25N3S2/c1-2-11-26-22-34-33(21-25(26)10-1)31-20-17-24-9-3-4-12-28(24)40(31)45(34)41-38(44-42-39(43-41)32-14-6-8-16-36(32)47-42)27-18-19-30-29-13-5-7-15-35(29)46-37(30)23-27/h1-23,41,43H. The molecule has 3 aromatic heterocycles. The molecular weight excluding hydrogens is 611 g/mol. The predicted molar refractivity (Wildman–Crippen MR) is 204 cm³/mol. The average molecular weight is 636 g/mol. The van der Waals surface area contributed by atoms with E-state index in [1.807, 2.05) is 11.3 Å². The summed E-state index contributed by atoms with van der Waals surface area (Å²) >= 11 is 3.62. The molecule has 1 unspecified atom stereocenters. The second kappa shape index (κ2) is 9.52. The molecule has 10 aromatic rings. The van der Waals surface area contributed by atoms with E-state index in [9.17, 15) is 0 Å². The lowest BCUT2D eigenvalue weighted by atomic mass is 10.0. The summed E-state index contributed by atoms with van der Waals surface area (Å²) in [5.74, 6) is 0. The largest absolute Gasteiger partial charge is 0.357 e. The highest BCUT2D eigenvalue weighted by molar-refractivity contribution is 7.25. The second-order valence-electron chi connectivity index (χ2n) is 12.4. The Bertz CT molecular complexity index is 2960. The summed E-state index contributed by atoms with van der Waals surface area (Å²) in [6.45, 7) is 0. The van der Waals surface area contributed by atoms with E-state index in [-0.39, 0.29) is 6.17 Å². The Morgan fingerprint density at radius 1 is 0.511 bits per heavy atom. The molecule has 1 N–H and O–H groups in total. The Morgan fingerprint density at radius 2 is 1.17 bits per heavy atom. The van der Waals surface area contributed by atoms with Gasteiger partial charge in [-0.15, -0.1) is 22.7 Å². The van der Waals surface area contributed by atoms with Crippen LogP contribution in [0.4, 0.5) is 10.7 Å². The van der Waals surface area contributed by atoms with Gasteiger partial charge in [-0.2, -0.15) is 0 Å². The molecule has 0 saturated carbocycles. The van der Waals surface area contributed by atoms with Gasteiger partial charge < -0.3 is 9.88 Å². The summed E-state index contributed by atoms with van der Waals surface area (Å²) in [5, 5.41) is 16.4. The van der Waals surface area contributed by atoms with Crippen LogP contribution in [-0.2, 0) is 0 Å². The predicted octanol–water partition coefficient (Wildman–Crippen LogP) is 12.4. The van der Waals surface area contributed by atoms with E-state index in [2.05, 4.69) is 149 Å². The fraction of sp³-hybridized carbons (Fsp3) is 0.0238. The summed E-state index contributed by atoms with van der Waals surface area (Å²) in [6, 6.07) is 51.1. The third-order valence-corrected chi connectivity index (χ3v) is 12.0. The van der Waals surface area contributed by atoms with Crippen molar-refractivity contribution in [3.8, 4) is 0 Å². The molecule has 7 aromatic carbocycles. The molecule has 0 amide bonds. The van der Waals surface area contributed by atoms with Crippen LogP contribution in [0.5, 0.6) is 0 Å². The maximum Gasteiger partial charge on any atom is 0.148 e. The lowest BCUT2D eigenvalue weighted by molar-refractivity contribution is 0.763. The number of hydrogen-bond donors (Lipinski definition) is 1. The number of aliphatic imine (C=N–C) groups is 1. The van der Waals surface area contributed by atoms with Gasteiger partial charge in [-0.25, -0.2) is 4.99 Å². The fourth-order valence-corrected chi connectivity index (χ4v) is 9.88. The first-order valence-corrected chi connectivity index (χ1v) is 17.5. The summed E-state index contributed by atoms with van der Waals surface area (Å²) in [5.41, 5.74) is 5.71. The van der Waals surface area contributed by atoms with E-state index in [1.54, 1.807) is 11.3 Å². The molecule has 0 aliphatic carbocycles. The van der Waals surface area contributed by atoms with E-state index in [4.69, 9.17) is 4.99 Å². The van der Waals surface area contributed by atoms with Gasteiger partial charge in [0.15, 0.2) is 0 Å². The molecule has 1 aliphatic rings. The lowest BCUT2D eigenvalue weighted by Crippen LogP contribution is -2.29. The number of rotatable bonds is 2. The molecule has 220 valence electrons. The zero-order valence-electron chi connectivity index (χ0n) is 25.1. The quantitative estimate of drug-likeness (QED) is 0.201. The highest BCUT2D eigenvalue weighted by atomic mass is 32.1. The Morgan fingerprint density at radius 3 is 2.02 bits per heavy atom. The van der Waals surface area contributed by atoms with Crippen molar-refractivity contribution < 1.29 is 0 Å². The lowest BCUT2D eigenvalue weighted by Gasteiger charge is -2.29. The third-order valence-electron chi connectivity index (χ3n) is 9.83. The van der Waals surface area contributed by atoms with Gasteiger partial charge in [-0.05, 0) is 46.5 Å². The molecule has 0 fully saturated rings. The molecular formula is C42H25N3S2. The molecule has 0 radical (unpaired) electrons. The van der Waals surface area contributed by atoms with E-state index in [0.717, 1.165) is 22.0 Å². The molecule has 0 bridgehead atoms. The van der Waals surface area contributed by atoms with Crippen molar-refractivity contribution in [1.29, 1.82) is 0 Å². The highest BCUT2D eigenvalue weighted by Gasteiger charge is 2.31. The van der Waals surface area contributed by atoms with Crippen molar-refractivity contribution in [2.75, 3.05) is 5.32 Å². The highest BCUT2D eigenvalue weighted by Crippen LogP contribution is 2.49. The van der Waals surface area contributed by atoms with E-state index in [1.165, 1.54) is 73.6 Å². The van der Waals surface area contributed by atoms with Crippen molar-refractivity contribution >= 4 is 113 Å². The minimum absolute atomic E-state index is 0.237. The number of fused-ring (bicyclic) bond motifs is 12. The maximum absolute atomic E-state index is 5.56. The van der Waals surface area contributed by atoms with Gasteiger partial charge >= 0.3 is 0 Å². The number of nitrogens with zero attached hydrogens (tertiary/aromatic N) is 2. The SMILES string of the molecule is c1ccc2cc3c(cc2c1)c1ccc2ccccc2c1n3C1Nc2c(sc3ccccc23)N=C1c1ccc2c(c1)sc1ccccc12. The molecule has 4 heterocycles. The summed E-state index contributed by atoms with van der Waals surface area (Å²) in [7, 11) is 0. The van der Waals surface area contributed by atoms with Gasteiger partial charge in [0.05, 0.1) is 22.4 Å². The molecule has 1 atom stereocenters. The number of hydrogen-bond acceptors (Lipinski definition) is 4. The molecule has 1 aliphatic heterocycles. The van der Waals surface area contributed by atoms with Crippen LogP contribution in [0.1, 0.15) is 11.7 Å². The third kappa shape index (κ3) is 3.64. The van der Waals surface area contributed by atoms with Crippen LogP contribution in [0.15, 0.2) is 145 Å². The molecule has 0 spiro atoms. The zero-order valence-corrected chi connectivity index (χ0v) is 26.7. The number of anilines is 1.